The van der Waals surface area contributed by atoms with Crippen LogP contribution < -0.4 is 5.32 Å². The van der Waals surface area contributed by atoms with Crippen LogP contribution in [0.5, 0.6) is 0 Å². The van der Waals surface area contributed by atoms with Crippen molar-refractivity contribution in [1.82, 2.24) is 4.31 Å². The first-order valence-corrected chi connectivity index (χ1v) is 9.63. The molecule has 0 aliphatic heterocycles. The summed E-state index contributed by atoms with van der Waals surface area (Å²) in [4.78, 5) is 11.4. The van der Waals surface area contributed by atoms with Gasteiger partial charge in [0.25, 0.3) is 0 Å². The molecule has 6 heteroatoms. The summed E-state index contributed by atoms with van der Waals surface area (Å²) in [5, 5.41) is 2.63. The van der Waals surface area contributed by atoms with E-state index in [0.717, 1.165) is 12.8 Å². The van der Waals surface area contributed by atoms with E-state index in [9.17, 15) is 13.2 Å². The van der Waals surface area contributed by atoms with E-state index >= 15 is 0 Å². The molecule has 0 fully saturated rings. The van der Waals surface area contributed by atoms with Crippen molar-refractivity contribution in [3.63, 3.8) is 0 Å². The number of nitrogens with zero attached hydrogens (tertiary/aromatic N) is 1. The van der Waals surface area contributed by atoms with Gasteiger partial charge in [0, 0.05) is 26.2 Å². The fourth-order valence-corrected chi connectivity index (χ4v) is 4.05. The van der Waals surface area contributed by atoms with Gasteiger partial charge in [-0.05, 0) is 43.0 Å². The highest BCUT2D eigenvalue weighted by molar-refractivity contribution is 7.89. The minimum absolute atomic E-state index is 0.223. The lowest BCUT2D eigenvalue weighted by Crippen LogP contribution is -2.29. The van der Waals surface area contributed by atoms with E-state index in [1.807, 2.05) is 30.3 Å². The topological polar surface area (TPSA) is 66.5 Å². The van der Waals surface area contributed by atoms with Crippen LogP contribution in [0.1, 0.15) is 24.5 Å². The minimum Gasteiger partial charge on any atom is -0.326 e. The Labute approximate surface area is 149 Å². The third kappa shape index (κ3) is 5.14. The molecule has 0 aromatic heterocycles. The van der Waals surface area contributed by atoms with E-state index in [4.69, 9.17) is 0 Å². The van der Waals surface area contributed by atoms with Gasteiger partial charge in [-0.25, -0.2) is 12.7 Å². The van der Waals surface area contributed by atoms with Gasteiger partial charge in [-0.3, -0.25) is 4.79 Å². The molecule has 2 aromatic carbocycles. The number of aryl methyl sites for hydroxylation is 2. The van der Waals surface area contributed by atoms with Crippen LogP contribution in [-0.2, 0) is 21.2 Å². The summed E-state index contributed by atoms with van der Waals surface area (Å²) in [6.45, 7) is 3.58. The summed E-state index contributed by atoms with van der Waals surface area (Å²) in [6, 6.07) is 14.9. The Hall–Kier alpha value is -2.18. The van der Waals surface area contributed by atoms with Gasteiger partial charge in [0.15, 0.2) is 0 Å². The van der Waals surface area contributed by atoms with Crippen LogP contribution in [0.25, 0.3) is 0 Å². The van der Waals surface area contributed by atoms with Crippen molar-refractivity contribution in [2.75, 3.05) is 18.9 Å². The summed E-state index contributed by atoms with van der Waals surface area (Å²) in [7, 11) is -2.01. The van der Waals surface area contributed by atoms with E-state index in [-0.39, 0.29) is 10.8 Å². The van der Waals surface area contributed by atoms with Crippen molar-refractivity contribution >= 4 is 21.6 Å². The molecule has 0 spiro atoms. The molecular weight excluding hydrogens is 336 g/mol. The van der Waals surface area contributed by atoms with Crippen molar-refractivity contribution in [2.24, 2.45) is 0 Å². The number of carbonyl (C=O) groups excluding carboxylic acids is 1. The molecule has 0 heterocycles. The van der Waals surface area contributed by atoms with Gasteiger partial charge < -0.3 is 5.32 Å². The molecule has 0 aliphatic rings. The third-order valence-corrected chi connectivity index (χ3v) is 5.98. The second-order valence-corrected chi connectivity index (χ2v) is 8.09. The van der Waals surface area contributed by atoms with Gasteiger partial charge >= 0.3 is 0 Å². The normalized spacial score (nSPS) is 11.5. The molecule has 0 saturated carbocycles. The van der Waals surface area contributed by atoms with Crippen LogP contribution in [0.15, 0.2) is 53.4 Å². The van der Waals surface area contributed by atoms with Crippen LogP contribution in [-0.4, -0.2) is 32.2 Å². The first-order chi connectivity index (χ1) is 11.8. The number of carbonyl (C=O) groups is 1. The summed E-state index contributed by atoms with van der Waals surface area (Å²) >= 11 is 0. The quantitative estimate of drug-likeness (QED) is 0.824. The second-order valence-electron chi connectivity index (χ2n) is 6.08. The van der Waals surface area contributed by atoms with Crippen molar-refractivity contribution in [2.45, 2.75) is 31.6 Å². The molecule has 5 nitrogen and oxygen atoms in total. The second kappa shape index (κ2) is 8.27. The first kappa shape index (κ1) is 19.1. The average molecular weight is 360 g/mol. The lowest BCUT2D eigenvalue weighted by atomic mass is 10.1. The number of nitrogens with one attached hydrogen (secondary N) is 1. The van der Waals surface area contributed by atoms with Crippen molar-refractivity contribution in [1.29, 1.82) is 0 Å². The summed E-state index contributed by atoms with van der Waals surface area (Å²) in [6.07, 6.45) is 1.57. The van der Waals surface area contributed by atoms with Gasteiger partial charge in [0.05, 0.1) is 4.90 Å². The lowest BCUT2D eigenvalue weighted by molar-refractivity contribution is -0.114. The molecule has 0 radical (unpaired) electrons. The number of rotatable bonds is 7. The molecule has 25 heavy (non-hydrogen) atoms. The summed E-state index contributed by atoms with van der Waals surface area (Å²) in [5.74, 6) is -0.233. The zero-order chi connectivity index (χ0) is 18.4. The zero-order valence-corrected chi connectivity index (χ0v) is 15.6. The number of hydrogen-bond acceptors (Lipinski definition) is 3. The van der Waals surface area contributed by atoms with E-state index < -0.39 is 10.0 Å². The molecule has 2 aromatic rings. The Morgan fingerprint density at radius 3 is 2.44 bits per heavy atom. The molecule has 0 aliphatic carbocycles. The van der Waals surface area contributed by atoms with Crippen LogP contribution in [0.3, 0.4) is 0 Å². The third-order valence-electron chi connectivity index (χ3n) is 3.98. The SMILES string of the molecule is CC(=O)Nc1ccc(C)c(S(=O)(=O)N(C)CCCc2ccccc2)c1. The Bertz CT molecular complexity index is 833. The van der Waals surface area contributed by atoms with E-state index in [1.165, 1.54) is 22.9 Å². The minimum atomic E-state index is -3.60. The zero-order valence-electron chi connectivity index (χ0n) is 14.8. The van der Waals surface area contributed by atoms with Crippen molar-refractivity contribution in [3.05, 3.63) is 59.7 Å². The maximum Gasteiger partial charge on any atom is 0.243 e. The van der Waals surface area contributed by atoms with Crippen molar-refractivity contribution in [3.8, 4) is 0 Å². The largest absolute Gasteiger partial charge is 0.326 e. The highest BCUT2D eigenvalue weighted by Crippen LogP contribution is 2.23. The molecule has 0 saturated heterocycles. The van der Waals surface area contributed by atoms with Crippen LogP contribution in [0, 0.1) is 6.92 Å². The maximum atomic E-state index is 12.8. The summed E-state index contributed by atoms with van der Waals surface area (Å²) in [5.41, 5.74) is 2.33. The first-order valence-electron chi connectivity index (χ1n) is 8.19. The predicted molar refractivity (Wildman–Crippen MR) is 100 cm³/mol. The van der Waals surface area contributed by atoms with Gasteiger partial charge in [0.2, 0.25) is 15.9 Å². The fraction of sp³-hybridized carbons (Fsp3) is 0.316. The van der Waals surface area contributed by atoms with Gasteiger partial charge in [-0.2, -0.15) is 0 Å². The lowest BCUT2D eigenvalue weighted by Gasteiger charge is -2.19. The number of hydrogen-bond donors (Lipinski definition) is 1. The van der Waals surface area contributed by atoms with E-state index in [0.29, 0.717) is 17.8 Å². The molecule has 0 atom stereocenters. The molecule has 1 N–H and O–H groups in total. The molecular formula is C19H24N2O3S. The maximum absolute atomic E-state index is 12.8. The van der Waals surface area contributed by atoms with Gasteiger partial charge in [-0.1, -0.05) is 36.4 Å². The van der Waals surface area contributed by atoms with Crippen LogP contribution in [0.2, 0.25) is 0 Å². The van der Waals surface area contributed by atoms with Crippen LogP contribution >= 0.6 is 0 Å². The average Bonchev–Trinajstić information content (AvgIpc) is 2.57. The highest BCUT2D eigenvalue weighted by Gasteiger charge is 2.23. The van der Waals surface area contributed by atoms with Crippen molar-refractivity contribution < 1.29 is 13.2 Å². The molecule has 0 unspecified atom stereocenters. The smallest absolute Gasteiger partial charge is 0.243 e. The van der Waals surface area contributed by atoms with Crippen LogP contribution in [0.4, 0.5) is 5.69 Å². The van der Waals surface area contributed by atoms with Gasteiger partial charge in [0.1, 0.15) is 0 Å². The molecule has 134 valence electrons. The molecule has 0 bridgehead atoms. The Balaban J connectivity index is 2.10. The predicted octanol–water partition coefficient (Wildman–Crippen LogP) is 3.21. The Kier molecular flexibility index (Phi) is 6.33. The Morgan fingerprint density at radius 1 is 1.12 bits per heavy atom. The monoisotopic (exact) mass is 360 g/mol. The number of amides is 1. The standard InChI is InChI=1S/C19H24N2O3S/c1-15-11-12-18(20-16(2)22)14-19(15)25(23,24)21(3)13-7-10-17-8-5-4-6-9-17/h4-6,8-9,11-12,14H,7,10,13H2,1-3H3,(H,20,22). The number of benzene rings is 2. The van der Waals surface area contributed by atoms with Gasteiger partial charge in [-0.15, -0.1) is 0 Å². The highest BCUT2D eigenvalue weighted by atomic mass is 32.2. The van der Waals surface area contributed by atoms with E-state index in [2.05, 4.69) is 5.32 Å². The Morgan fingerprint density at radius 2 is 1.80 bits per heavy atom. The molecule has 2 rings (SSSR count). The fourth-order valence-electron chi connectivity index (χ4n) is 2.60. The number of anilines is 1. The number of sulfonamides is 1. The summed E-state index contributed by atoms with van der Waals surface area (Å²) < 4.78 is 27.1. The molecule has 1 amide bonds. The van der Waals surface area contributed by atoms with E-state index in [1.54, 1.807) is 26.1 Å².